The molecule has 0 spiro atoms. The fourth-order valence-electron chi connectivity index (χ4n) is 5.27. The van der Waals surface area contributed by atoms with Crippen molar-refractivity contribution in [3.63, 3.8) is 0 Å². The lowest BCUT2D eigenvalue weighted by Gasteiger charge is -2.20. The second-order valence-corrected chi connectivity index (χ2v) is 14.9. The number of hydrogen-bond acceptors (Lipinski definition) is 7. The first kappa shape index (κ1) is 51.7. The third-order valence-electron chi connectivity index (χ3n) is 8.33. The molecule has 0 amide bonds. The van der Waals surface area contributed by atoms with Crippen LogP contribution in [-0.4, -0.2) is 49.9 Å². The smallest absolute Gasteiger partial charge is 0.457 e. The van der Waals surface area contributed by atoms with Crippen LogP contribution in [0.4, 0.5) is 0 Å². The molecule has 310 valence electrons. The number of hydrogen-bond donors (Lipinski definition) is 2. The van der Waals surface area contributed by atoms with Crippen molar-refractivity contribution in [3.8, 4) is 0 Å². The number of phosphoric ester groups is 1. The molecule has 0 aromatic rings. The van der Waals surface area contributed by atoms with E-state index in [9.17, 15) is 14.3 Å². The summed E-state index contributed by atoms with van der Waals surface area (Å²) in [7, 11) is -4.28. The third kappa shape index (κ3) is 40.9. The van der Waals surface area contributed by atoms with E-state index >= 15 is 0 Å². The van der Waals surface area contributed by atoms with Crippen LogP contribution < -0.4 is 5.73 Å². The molecule has 0 aromatic heterocycles. The second kappa shape index (κ2) is 41.8. The quantitative estimate of drug-likeness (QED) is 0.0274. The number of rotatable bonds is 39. The lowest BCUT2D eigenvalue weighted by Crippen LogP contribution is -2.28. The van der Waals surface area contributed by atoms with E-state index in [1.54, 1.807) is 0 Å². The summed E-state index contributed by atoms with van der Waals surface area (Å²) in [5.74, 6) is -0.366. The van der Waals surface area contributed by atoms with Gasteiger partial charge in [-0.05, 0) is 70.6 Å². The van der Waals surface area contributed by atoms with Gasteiger partial charge in [-0.1, -0.05) is 163 Å². The molecule has 0 saturated heterocycles. The molecule has 9 heteroatoms. The molecule has 0 heterocycles. The number of carbonyl (C=O) groups excluding carboxylic acids is 1. The van der Waals surface area contributed by atoms with Gasteiger partial charge in [0.1, 0.15) is 6.10 Å². The largest absolute Gasteiger partial charge is 0.472 e. The monoisotopic (exact) mass is 776 g/mol. The number of unbranched alkanes of at least 4 members (excludes halogenated alkanes) is 12. The Labute approximate surface area is 330 Å². The minimum Gasteiger partial charge on any atom is -0.457 e. The predicted octanol–water partition coefficient (Wildman–Crippen LogP) is 12.5. The van der Waals surface area contributed by atoms with Crippen molar-refractivity contribution in [2.75, 3.05) is 33.0 Å². The molecule has 0 saturated carbocycles. The van der Waals surface area contributed by atoms with Crippen LogP contribution in [0.25, 0.3) is 0 Å². The van der Waals surface area contributed by atoms with Gasteiger partial charge in [0.05, 0.1) is 19.8 Å². The Morgan fingerprint density at radius 2 is 1.04 bits per heavy atom. The first-order valence-electron chi connectivity index (χ1n) is 21.1. The van der Waals surface area contributed by atoms with Crippen LogP contribution in [0.1, 0.15) is 155 Å². The lowest BCUT2D eigenvalue weighted by atomic mass is 10.1. The molecule has 2 atom stereocenters. The van der Waals surface area contributed by atoms with Crippen molar-refractivity contribution in [2.24, 2.45) is 5.73 Å². The highest BCUT2D eigenvalue weighted by atomic mass is 31.2. The van der Waals surface area contributed by atoms with Gasteiger partial charge in [0.2, 0.25) is 0 Å². The summed E-state index contributed by atoms with van der Waals surface area (Å²) >= 11 is 0. The van der Waals surface area contributed by atoms with Crippen molar-refractivity contribution < 1.29 is 32.8 Å². The van der Waals surface area contributed by atoms with E-state index in [4.69, 9.17) is 24.3 Å². The van der Waals surface area contributed by atoms with Crippen molar-refractivity contribution in [1.29, 1.82) is 0 Å². The van der Waals surface area contributed by atoms with Gasteiger partial charge in [-0.15, -0.1) is 0 Å². The Morgan fingerprint density at radius 3 is 1.54 bits per heavy atom. The standard InChI is InChI=1S/C45H78NO7P/c1-3-5-7-9-11-13-15-16-17-18-19-20-21-22-23-24-25-26-27-28-29-30-32-34-36-38-45(47)53-44(43-52-54(48,49)51-41-39-46)42-50-40-37-35-33-31-14-12-10-8-6-4-2/h5,7,11,13,16-17,19-20,22-23,25-26,28-29,44H,3-4,6,8-10,12,14-15,18,21,24,27,30-43,46H2,1-2H3,(H,48,49)/b7-5-,13-11-,17-16-,20-19-,23-22-,26-25-,29-28-. The molecule has 54 heavy (non-hydrogen) atoms. The maximum Gasteiger partial charge on any atom is 0.472 e. The van der Waals surface area contributed by atoms with Gasteiger partial charge >= 0.3 is 13.8 Å². The van der Waals surface area contributed by atoms with E-state index < -0.39 is 13.9 Å². The molecule has 0 rings (SSSR count). The average molecular weight is 776 g/mol. The highest BCUT2D eigenvalue weighted by Crippen LogP contribution is 2.43. The normalized spacial score (nSPS) is 14.4. The molecule has 0 fully saturated rings. The molecular weight excluding hydrogens is 697 g/mol. The molecule has 0 aliphatic carbocycles. The molecular formula is C45H78NO7P. The van der Waals surface area contributed by atoms with Crippen molar-refractivity contribution in [3.05, 3.63) is 85.1 Å². The van der Waals surface area contributed by atoms with Gasteiger partial charge in [-0.2, -0.15) is 0 Å². The molecule has 0 aliphatic heterocycles. The van der Waals surface area contributed by atoms with Crippen molar-refractivity contribution >= 4 is 13.8 Å². The Bertz CT molecular complexity index is 1100. The summed E-state index contributed by atoms with van der Waals surface area (Å²) in [5, 5.41) is 0. The Morgan fingerprint density at radius 1 is 0.574 bits per heavy atom. The Balaban J connectivity index is 4.11. The number of allylic oxidation sites excluding steroid dienone is 14. The van der Waals surface area contributed by atoms with Gasteiger partial charge < -0.3 is 20.1 Å². The van der Waals surface area contributed by atoms with E-state index in [-0.39, 0.29) is 38.8 Å². The maximum atomic E-state index is 12.6. The van der Waals surface area contributed by atoms with Gasteiger partial charge in [-0.25, -0.2) is 4.57 Å². The number of phosphoric acid groups is 1. The molecule has 2 unspecified atom stereocenters. The van der Waals surface area contributed by atoms with Crippen LogP contribution in [0.3, 0.4) is 0 Å². The predicted molar refractivity (Wildman–Crippen MR) is 228 cm³/mol. The Kier molecular flexibility index (Phi) is 40.0. The molecule has 0 aromatic carbocycles. The number of nitrogens with two attached hydrogens (primary N) is 1. The second-order valence-electron chi connectivity index (χ2n) is 13.5. The van der Waals surface area contributed by atoms with E-state index in [1.807, 2.05) is 0 Å². The van der Waals surface area contributed by atoms with Gasteiger partial charge in [0.15, 0.2) is 0 Å². The van der Waals surface area contributed by atoms with Crippen LogP contribution in [0, 0.1) is 0 Å². The van der Waals surface area contributed by atoms with Crippen LogP contribution in [0.15, 0.2) is 85.1 Å². The van der Waals surface area contributed by atoms with Crippen LogP contribution in [0.2, 0.25) is 0 Å². The zero-order valence-corrected chi connectivity index (χ0v) is 35.1. The summed E-state index contributed by atoms with van der Waals surface area (Å²) in [5.41, 5.74) is 5.35. The zero-order valence-electron chi connectivity index (χ0n) is 34.2. The van der Waals surface area contributed by atoms with Crippen LogP contribution in [-0.2, 0) is 27.9 Å². The van der Waals surface area contributed by atoms with Crippen LogP contribution in [0.5, 0.6) is 0 Å². The van der Waals surface area contributed by atoms with Gasteiger partial charge in [-0.3, -0.25) is 13.8 Å². The van der Waals surface area contributed by atoms with Gasteiger partial charge in [0.25, 0.3) is 0 Å². The minimum atomic E-state index is -4.28. The first-order chi connectivity index (χ1) is 26.4. The molecule has 0 aliphatic rings. The SMILES string of the molecule is CC/C=C\C/C=C\C/C=C\C/C=C\C/C=C\C/C=C\C/C=C\CCCCCC(=O)OC(COCCCCCCCCCCCC)COP(=O)(O)OCCN. The molecule has 8 nitrogen and oxygen atoms in total. The topological polar surface area (TPSA) is 117 Å². The fourth-order valence-corrected chi connectivity index (χ4v) is 6.03. The summed E-state index contributed by atoms with van der Waals surface area (Å²) in [6.45, 7) is 4.73. The molecule has 0 bridgehead atoms. The van der Waals surface area contributed by atoms with Crippen molar-refractivity contribution in [1.82, 2.24) is 0 Å². The maximum absolute atomic E-state index is 12.6. The fraction of sp³-hybridized carbons (Fsp3) is 0.667. The van der Waals surface area contributed by atoms with Crippen molar-refractivity contribution in [2.45, 2.75) is 161 Å². The summed E-state index contributed by atoms with van der Waals surface area (Å²) in [6.07, 6.45) is 53.2. The lowest BCUT2D eigenvalue weighted by molar-refractivity contribution is -0.154. The summed E-state index contributed by atoms with van der Waals surface area (Å²) in [4.78, 5) is 22.4. The van der Waals surface area contributed by atoms with E-state index in [0.717, 1.165) is 77.0 Å². The molecule has 0 radical (unpaired) electrons. The third-order valence-corrected chi connectivity index (χ3v) is 9.31. The highest BCUT2D eigenvalue weighted by Gasteiger charge is 2.25. The first-order valence-corrected chi connectivity index (χ1v) is 22.6. The Hall–Kier alpha value is -2.32. The van der Waals surface area contributed by atoms with E-state index in [0.29, 0.717) is 13.0 Å². The number of esters is 1. The highest BCUT2D eigenvalue weighted by molar-refractivity contribution is 7.47. The van der Waals surface area contributed by atoms with E-state index in [1.165, 1.54) is 51.4 Å². The average Bonchev–Trinajstić information content (AvgIpc) is 3.16. The minimum absolute atomic E-state index is 0.0908. The molecule has 3 N–H and O–H groups in total. The zero-order chi connectivity index (χ0) is 39.5. The summed E-state index contributed by atoms with van der Waals surface area (Å²) < 4.78 is 33.3. The number of carbonyl (C=O) groups is 1. The van der Waals surface area contributed by atoms with Gasteiger partial charge in [0, 0.05) is 19.6 Å². The summed E-state index contributed by atoms with van der Waals surface area (Å²) in [6, 6.07) is 0. The number of ether oxygens (including phenoxy) is 2. The van der Waals surface area contributed by atoms with Crippen LogP contribution >= 0.6 is 7.82 Å². The van der Waals surface area contributed by atoms with E-state index in [2.05, 4.69) is 98.9 Å².